The molecular weight excluding hydrogens is 295 g/mol. The second kappa shape index (κ2) is 5.10. The first-order valence-electron chi connectivity index (χ1n) is 5.74. The van der Waals surface area contributed by atoms with Crippen LogP contribution in [0.4, 0.5) is 18.9 Å². The Hall–Kier alpha value is -1.53. The van der Waals surface area contributed by atoms with Crippen molar-refractivity contribution in [3.05, 3.63) is 40.9 Å². The quantitative estimate of drug-likeness (QED) is 0.804. The van der Waals surface area contributed by atoms with E-state index in [2.05, 4.69) is 5.32 Å². The molecule has 3 nitrogen and oxygen atoms in total. The van der Waals surface area contributed by atoms with Gasteiger partial charge in [0.2, 0.25) is 11.5 Å². The van der Waals surface area contributed by atoms with Gasteiger partial charge in [-0.2, -0.15) is 13.2 Å². The zero-order valence-corrected chi connectivity index (χ0v) is 11.2. The van der Waals surface area contributed by atoms with E-state index in [1.165, 1.54) is 25.1 Å². The molecule has 0 spiro atoms. The molecule has 1 atom stereocenters. The van der Waals surface area contributed by atoms with Gasteiger partial charge in [0.25, 0.3) is 0 Å². The zero-order chi connectivity index (χ0) is 15.0. The fourth-order valence-electron chi connectivity index (χ4n) is 2.08. The number of benzene rings is 1. The van der Waals surface area contributed by atoms with Gasteiger partial charge in [0, 0.05) is 16.3 Å². The number of fused-ring (bicyclic) bond motifs is 1. The first-order chi connectivity index (χ1) is 9.30. The van der Waals surface area contributed by atoms with E-state index in [4.69, 9.17) is 16.3 Å². The average Bonchev–Trinajstić information content (AvgIpc) is 2.48. The van der Waals surface area contributed by atoms with Gasteiger partial charge in [0.1, 0.15) is 6.61 Å². The lowest BCUT2D eigenvalue weighted by molar-refractivity contribution is -0.260. The molecule has 0 bridgehead atoms. The van der Waals surface area contributed by atoms with E-state index in [1.54, 1.807) is 0 Å². The number of carbonyl (C=O) groups excluding carboxylic acids is 1. The van der Waals surface area contributed by atoms with Crippen LogP contribution in [0.25, 0.3) is 0 Å². The van der Waals surface area contributed by atoms with Gasteiger partial charge in [-0.3, -0.25) is 4.79 Å². The number of carbonyl (C=O) groups is 1. The van der Waals surface area contributed by atoms with Gasteiger partial charge in [-0.1, -0.05) is 17.7 Å². The van der Waals surface area contributed by atoms with Crippen molar-refractivity contribution in [3.8, 4) is 0 Å². The van der Waals surface area contributed by atoms with Gasteiger partial charge in [-0.15, -0.1) is 0 Å². The predicted octanol–water partition coefficient (Wildman–Crippen LogP) is 3.64. The van der Waals surface area contributed by atoms with Crippen molar-refractivity contribution >= 4 is 23.2 Å². The number of rotatable bonds is 1. The maximum absolute atomic E-state index is 13.5. The van der Waals surface area contributed by atoms with E-state index >= 15 is 0 Å². The van der Waals surface area contributed by atoms with Gasteiger partial charge in [0.15, 0.2) is 0 Å². The molecule has 1 aromatic carbocycles. The SMILES string of the molecule is C/C=C/[C@]1(C(F)(F)F)OCC(=O)Nc2ccc(Cl)cc21. The molecule has 1 N–H and O–H groups in total. The van der Waals surface area contributed by atoms with E-state index in [0.29, 0.717) is 0 Å². The Morgan fingerprint density at radius 3 is 2.75 bits per heavy atom. The summed E-state index contributed by atoms with van der Waals surface area (Å²) >= 11 is 5.78. The maximum Gasteiger partial charge on any atom is 0.425 e. The van der Waals surface area contributed by atoms with E-state index in [0.717, 1.165) is 12.1 Å². The standard InChI is InChI=1S/C13H11ClF3NO2/c1-2-5-12(13(15,16)17)9-6-8(14)3-4-10(9)18-11(19)7-20-12/h2-6H,7H2,1H3,(H,18,19)/b5-2+/t12-/m0/s1. The number of nitrogens with one attached hydrogen (secondary N) is 1. The fraction of sp³-hybridized carbons (Fsp3) is 0.308. The average molecular weight is 306 g/mol. The monoisotopic (exact) mass is 305 g/mol. The normalized spacial score (nSPS) is 23.4. The molecule has 1 amide bonds. The first-order valence-corrected chi connectivity index (χ1v) is 6.12. The van der Waals surface area contributed by atoms with Crippen molar-refractivity contribution in [2.24, 2.45) is 0 Å². The number of allylic oxidation sites excluding steroid dienone is 1. The molecule has 0 unspecified atom stereocenters. The number of ether oxygens (including phenoxy) is 1. The predicted molar refractivity (Wildman–Crippen MR) is 68.6 cm³/mol. The van der Waals surface area contributed by atoms with Crippen molar-refractivity contribution in [1.29, 1.82) is 0 Å². The van der Waals surface area contributed by atoms with Gasteiger partial charge in [-0.25, -0.2) is 0 Å². The summed E-state index contributed by atoms with van der Waals surface area (Å²) in [5.41, 5.74) is -2.89. The molecule has 0 saturated carbocycles. The molecule has 0 fully saturated rings. The number of amides is 1. The second-order valence-corrected chi connectivity index (χ2v) is 4.70. The van der Waals surface area contributed by atoms with Crippen LogP contribution in [0.1, 0.15) is 12.5 Å². The highest BCUT2D eigenvalue weighted by Crippen LogP contribution is 2.47. The molecule has 1 aromatic rings. The minimum absolute atomic E-state index is 0.0346. The third-order valence-corrected chi connectivity index (χ3v) is 3.14. The van der Waals surface area contributed by atoms with Crippen molar-refractivity contribution in [3.63, 3.8) is 0 Å². The lowest BCUT2D eigenvalue weighted by atomic mass is 9.90. The number of alkyl halides is 3. The summed E-state index contributed by atoms with van der Waals surface area (Å²) in [5, 5.41) is 2.50. The van der Waals surface area contributed by atoms with Crippen LogP contribution in [-0.2, 0) is 15.1 Å². The van der Waals surface area contributed by atoms with Crippen molar-refractivity contribution in [2.75, 3.05) is 11.9 Å². The molecule has 20 heavy (non-hydrogen) atoms. The van der Waals surface area contributed by atoms with E-state index in [-0.39, 0.29) is 16.3 Å². The minimum Gasteiger partial charge on any atom is -0.347 e. The van der Waals surface area contributed by atoms with Crippen LogP contribution in [0.3, 0.4) is 0 Å². The molecule has 1 heterocycles. The minimum atomic E-state index is -4.73. The number of hydrogen-bond donors (Lipinski definition) is 1. The van der Waals surface area contributed by atoms with Gasteiger partial charge in [0.05, 0.1) is 0 Å². The third kappa shape index (κ3) is 2.41. The Balaban J connectivity index is 2.75. The Kier molecular flexibility index (Phi) is 3.80. The lowest BCUT2D eigenvalue weighted by Crippen LogP contribution is -2.43. The molecule has 1 aliphatic rings. The van der Waals surface area contributed by atoms with Crippen LogP contribution in [0.2, 0.25) is 5.02 Å². The third-order valence-electron chi connectivity index (χ3n) is 2.91. The summed E-state index contributed by atoms with van der Waals surface area (Å²) in [6.45, 7) is 0.747. The molecule has 2 rings (SSSR count). The van der Waals surface area contributed by atoms with E-state index < -0.39 is 24.3 Å². The number of hydrogen-bond acceptors (Lipinski definition) is 2. The van der Waals surface area contributed by atoms with Crippen molar-refractivity contribution in [2.45, 2.75) is 18.7 Å². The van der Waals surface area contributed by atoms with Crippen molar-refractivity contribution < 1.29 is 22.7 Å². The van der Waals surface area contributed by atoms with Crippen LogP contribution in [0, 0.1) is 0 Å². The van der Waals surface area contributed by atoms with Crippen LogP contribution < -0.4 is 5.32 Å². The van der Waals surface area contributed by atoms with Gasteiger partial charge >= 0.3 is 6.18 Å². The molecule has 0 radical (unpaired) electrons. The second-order valence-electron chi connectivity index (χ2n) is 4.26. The Labute approximate surface area is 118 Å². The Morgan fingerprint density at radius 2 is 2.15 bits per heavy atom. The molecule has 7 heteroatoms. The number of anilines is 1. The summed E-state index contributed by atoms with van der Waals surface area (Å²) in [7, 11) is 0. The van der Waals surface area contributed by atoms with Crippen LogP contribution in [0.15, 0.2) is 30.4 Å². The molecular formula is C13H11ClF3NO2. The Bertz CT molecular complexity index is 571. The highest BCUT2D eigenvalue weighted by Gasteiger charge is 2.57. The zero-order valence-electron chi connectivity index (χ0n) is 10.4. The highest BCUT2D eigenvalue weighted by molar-refractivity contribution is 6.30. The van der Waals surface area contributed by atoms with Gasteiger partial charge < -0.3 is 10.1 Å². The van der Waals surface area contributed by atoms with Crippen LogP contribution in [0.5, 0.6) is 0 Å². The molecule has 108 valence electrons. The van der Waals surface area contributed by atoms with Crippen molar-refractivity contribution in [1.82, 2.24) is 0 Å². The van der Waals surface area contributed by atoms with Gasteiger partial charge in [-0.05, 0) is 31.2 Å². The smallest absolute Gasteiger partial charge is 0.347 e. The first kappa shape index (κ1) is 14.9. The Morgan fingerprint density at radius 1 is 1.45 bits per heavy atom. The highest BCUT2D eigenvalue weighted by atomic mass is 35.5. The molecule has 0 saturated heterocycles. The summed E-state index contributed by atoms with van der Waals surface area (Å²) in [6, 6.07) is 3.88. The maximum atomic E-state index is 13.5. The van der Waals surface area contributed by atoms with E-state index in [1.807, 2.05) is 0 Å². The largest absolute Gasteiger partial charge is 0.425 e. The summed E-state index contributed by atoms with van der Waals surface area (Å²) in [5.74, 6) is -0.649. The van der Waals surface area contributed by atoms with Crippen LogP contribution >= 0.6 is 11.6 Å². The summed E-state index contributed by atoms with van der Waals surface area (Å²) in [6.07, 6.45) is -2.62. The number of halogens is 4. The molecule has 0 aliphatic carbocycles. The molecule has 1 aliphatic heterocycles. The topological polar surface area (TPSA) is 38.3 Å². The summed E-state index contributed by atoms with van der Waals surface area (Å²) in [4.78, 5) is 11.5. The van der Waals surface area contributed by atoms with E-state index in [9.17, 15) is 18.0 Å². The molecule has 0 aromatic heterocycles. The summed E-state index contributed by atoms with van der Waals surface area (Å²) < 4.78 is 45.5. The van der Waals surface area contributed by atoms with Crippen LogP contribution in [-0.4, -0.2) is 18.7 Å². The fourth-order valence-corrected chi connectivity index (χ4v) is 2.25. The lowest BCUT2D eigenvalue weighted by Gasteiger charge is -2.32.